The summed E-state index contributed by atoms with van der Waals surface area (Å²) < 4.78 is 0. The van der Waals surface area contributed by atoms with Crippen LogP contribution in [0.4, 0.5) is 0 Å². The number of hydrogen-bond acceptors (Lipinski definition) is 3. The van der Waals surface area contributed by atoms with Crippen LogP contribution in [0.5, 0.6) is 0 Å². The van der Waals surface area contributed by atoms with Crippen LogP contribution in [0.25, 0.3) is 11.1 Å². The van der Waals surface area contributed by atoms with Gasteiger partial charge >= 0.3 is 0 Å². The lowest BCUT2D eigenvalue weighted by molar-refractivity contribution is 0.0659. The van der Waals surface area contributed by atoms with Gasteiger partial charge in [0.1, 0.15) is 0 Å². The number of carbonyl (C=O) groups is 1. The van der Waals surface area contributed by atoms with Crippen molar-refractivity contribution in [3.8, 4) is 11.1 Å². The molecule has 0 aliphatic carbocycles. The quantitative estimate of drug-likeness (QED) is 0.870. The van der Waals surface area contributed by atoms with Gasteiger partial charge in [-0.25, -0.2) is 0 Å². The molecule has 0 saturated carbocycles. The Morgan fingerprint density at radius 2 is 1.79 bits per heavy atom. The molecule has 1 aromatic heterocycles. The standard InChI is InChI=1S/C20H25N3O/c1-15-14-18(8-11-21-15)16-4-6-17(7-5-16)20(24)23(3)19-9-12-22(2)13-10-19/h4-8,11,14,19H,9-10,12-13H2,1-3H3. The molecule has 4 heteroatoms. The number of amides is 1. The molecule has 0 atom stereocenters. The van der Waals surface area contributed by atoms with Crippen molar-refractivity contribution in [1.29, 1.82) is 0 Å². The van der Waals surface area contributed by atoms with Gasteiger partial charge in [-0.15, -0.1) is 0 Å². The number of rotatable bonds is 3. The molecule has 1 aliphatic heterocycles. The van der Waals surface area contributed by atoms with Crippen LogP contribution in [0.1, 0.15) is 28.9 Å². The Hall–Kier alpha value is -2.20. The van der Waals surface area contributed by atoms with E-state index < -0.39 is 0 Å². The predicted octanol–water partition coefficient (Wildman–Crippen LogP) is 3.22. The number of pyridine rings is 1. The topological polar surface area (TPSA) is 36.4 Å². The second-order valence-corrected chi connectivity index (χ2v) is 6.71. The van der Waals surface area contributed by atoms with E-state index in [1.54, 1.807) is 0 Å². The molecule has 1 aliphatic rings. The average molecular weight is 323 g/mol. The first-order chi connectivity index (χ1) is 11.5. The molecule has 1 amide bonds. The van der Waals surface area contributed by atoms with Gasteiger partial charge in [0, 0.05) is 30.5 Å². The third-order valence-electron chi connectivity index (χ3n) is 4.92. The lowest BCUT2D eigenvalue weighted by atomic mass is 10.0. The zero-order valence-corrected chi connectivity index (χ0v) is 14.7. The number of carbonyl (C=O) groups excluding carboxylic acids is 1. The van der Waals surface area contributed by atoms with Crippen molar-refractivity contribution < 1.29 is 4.79 Å². The first-order valence-electron chi connectivity index (χ1n) is 8.53. The second-order valence-electron chi connectivity index (χ2n) is 6.71. The summed E-state index contributed by atoms with van der Waals surface area (Å²) in [6.07, 6.45) is 3.91. The zero-order chi connectivity index (χ0) is 17.1. The van der Waals surface area contributed by atoms with Gasteiger partial charge in [-0.1, -0.05) is 12.1 Å². The van der Waals surface area contributed by atoms with Gasteiger partial charge in [-0.05, 0) is 75.3 Å². The summed E-state index contributed by atoms with van der Waals surface area (Å²) in [7, 11) is 4.07. The maximum Gasteiger partial charge on any atom is 0.253 e. The molecule has 0 bridgehead atoms. The number of hydrogen-bond donors (Lipinski definition) is 0. The minimum atomic E-state index is 0.113. The van der Waals surface area contributed by atoms with Crippen molar-refractivity contribution in [2.45, 2.75) is 25.8 Å². The van der Waals surface area contributed by atoms with E-state index >= 15 is 0 Å². The van der Waals surface area contributed by atoms with Gasteiger partial charge in [0.15, 0.2) is 0 Å². The van der Waals surface area contributed by atoms with Crippen LogP contribution in [0.2, 0.25) is 0 Å². The monoisotopic (exact) mass is 323 g/mol. The van der Waals surface area contributed by atoms with Gasteiger partial charge in [-0.3, -0.25) is 9.78 Å². The molecule has 0 unspecified atom stereocenters. The number of aryl methyl sites for hydroxylation is 1. The van der Waals surface area contributed by atoms with E-state index in [2.05, 4.69) is 23.0 Å². The molecule has 4 nitrogen and oxygen atoms in total. The van der Waals surface area contributed by atoms with E-state index in [0.29, 0.717) is 6.04 Å². The number of aromatic nitrogens is 1. The molecule has 2 heterocycles. The number of nitrogens with zero attached hydrogens (tertiary/aromatic N) is 3. The summed E-state index contributed by atoms with van der Waals surface area (Å²) >= 11 is 0. The van der Waals surface area contributed by atoms with Crippen LogP contribution in [0.15, 0.2) is 42.6 Å². The van der Waals surface area contributed by atoms with Crippen LogP contribution in [0.3, 0.4) is 0 Å². The zero-order valence-electron chi connectivity index (χ0n) is 14.7. The minimum absolute atomic E-state index is 0.113. The fourth-order valence-corrected chi connectivity index (χ4v) is 3.28. The summed E-state index contributed by atoms with van der Waals surface area (Å²) in [5, 5.41) is 0. The van der Waals surface area contributed by atoms with E-state index in [4.69, 9.17) is 0 Å². The maximum absolute atomic E-state index is 12.7. The van der Waals surface area contributed by atoms with E-state index in [9.17, 15) is 4.79 Å². The van der Waals surface area contributed by atoms with Crippen molar-refractivity contribution in [2.24, 2.45) is 0 Å². The second kappa shape index (κ2) is 7.14. The molecule has 3 rings (SSSR count). The fraction of sp³-hybridized carbons (Fsp3) is 0.400. The molecule has 1 aromatic carbocycles. The fourth-order valence-electron chi connectivity index (χ4n) is 3.28. The molecule has 1 fully saturated rings. The van der Waals surface area contributed by atoms with E-state index in [1.807, 2.05) is 55.4 Å². The lowest BCUT2D eigenvalue weighted by Crippen LogP contribution is -2.44. The Labute approximate surface area is 144 Å². The van der Waals surface area contributed by atoms with Crippen molar-refractivity contribution in [3.63, 3.8) is 0 Å². The van der Waals surface area contributed by atoms with E-state index in [-0.39, 0.29) is 5.91 Å². The SMILES string of the molecule is Cc1cc(-c2ccc(C(=O)N(C)C3CCN(C)CC3)cc2)ccn1. The Bertz CT molecular complexity index is 703. The van der Waals surface area contributed by atoms with Gasteiger partial charge in [-0.2, -0.15) is 0 Å². The van der Waals surface area contributed by atoms with E-state index in [0.717, 1.165) is 48.3 Å². The van der Waals surface area contributed by atoms with Crippen molar-refractivity contribution in [3.05, 3.63) is 53.9 Å². The third kappa shape index (κ3) is 3.65. The molecule has 1 saturated heterocycles. The largest absolute Gasteiger partial charge is 0.339 e. The predicted molar refractivity (Wildman–Crippen MR) is 97.0 cm³/mol. The molecular weight excluding hydrogens is 298 g/mol. The van der Waals surface area contributed by atoms with Crippen LogP contribution in [-0.4, -0.2) is 53.9 Å². The number of piperidine rings is 1. The molecule has 2 aromatic rings. The normalized spacial score (nSPS) is 16.1. The van der Waals surface area contributed by atoms with Crippen LogP contribution in [0, 0.1) is 6.92 Å². The van der Waals surface area contributed by atoms with Crippen LogP contribution >= 0.6 is 0 Å². The third-order valence-corrected chi connectivity index (χ3v) is 4.92. The van der Waals surface area contributed by atoms with Crippen molar-refractivity contribution in [2.75, 3.05) is 27.2 Å². The summed E-state index contributed by atoms with van der Waals surface area (Å²) in [4.78, 5) is 21.2. The van der Waals surface area contributed by atoms with Gasteiger partial charge in [0.05, 0.1) is 0 Å². The molecule has 24 heavy (non-hydrogen) atoms. The highest BCUT2D eigenvalue weighted by Crippen LogP contribution is 2.22. The molecule has 0 radical (unpaired) electrons. The number of benzene rings is 1. The first-order valence-corrected chi connectivity index (χ1v) is 8.53. The first kappa shape index (κ1) is 16.7. The Kier molecular flexibility index (Phi) is 4.95. The highest BCUT2D eigenvalue weighted by Gasteiger charge is 2.24. The van der Waals surface area contributed by atoms with Crippen LogP contribution in [-0.2, 0) is 0 Å². The highest BCUT2D eigenvalue weighted by molar-refractivity contribution is 5.94. The number of likely N-dealkylation sites (tertiary alicyclic amines) is 1. The van der Waals surface area contributed by atoms with Gasteiger partial charge in [0.2, 0.25) is 0 Å². The van der Waals surface area contributed by atoms with Gasteiger partial charge in [0.25, 0.3) is 5.91 Å². The van der Waals surface area contributed by atoms with Crippen molar-refractivity contribution >= 4 is 5.91 Å². The van der Waals surface area contributed by atoms with Crippen molar-refractivity contribution in [1.82, 2.24) is 14.8 Å². The Balaban J connectivity index is 1.72. The van der Waals surface area contributed by atoms with Crippen LogP contribution < -0.4 is 0 Å². The minimum Gasteiger partial charge on any atom is -0.339 e. The Morgan fingerprint density at radius 1 is 1.12 bits per heavy atom. The smallest absolute Gasteiger partial charge is 0.253 e. The summed E-state index contributed by atoms with van der Waals surface area (Å²) in [6, 6.07) is 12.3. The highest BCUT2D eigenvalue weighted by atomic mass is 16.2. The van der Waals surface area contributed by atoms with Gasteiger partial charge < -0.3 is 9.80 Å². The molecule has 0 N–H and O–H groups in total. The molecule has 126 valence electrons. The molecular formula is C20H25N3O. The molecule has 0 spiro atoms. The average Bonchev–Trinajstić information content (AvgIpc) is 2.61. The summed E-state index contributed by atoms with van der Waals surface area (Å²) in [6.45, 7) is 4.10. The summed E-state index contributed by atoms with van der Waals surface area (Å²) in [5.74, 6) is 0.113. The summed E-state index contributed by atoms with van der Waals surface area (Å²) in [5.41, 5.74) is 3.99. The van der Waals surface area contributed by atoms with E-state index in [1.165, 1.54) is 0 Å². The maximum atomic E-state index is 12.7. The lowest BCUT2D eigenvalue weighted by Gasteiger charge is -2.35. The Morgan fingerprint density at radius 3 is 2.42 bits per heavy atom.